The van der Waals surface area contributed by atoms with Gasteiger partial charge in [0.2, 0.25) is 0 Å². The first-order valence-electron chi connectivity index (χ1n) is 3.99. The molecule has 0 aromatic rings. The van der Waals surface area contributed by atoms with Crippen LogP contribution < -0.4 is 11.1 Å². The van der Waals surface area contributed by atoms with Crippen molar-refractivity contribution in [3.8, 4) is 0 Å². The van der Waals surface area contributed by atoms with Gasteiger partial charge >= 0.3 is 5.97 Å². The second kappa shape index (κ2) is 7.51. The molecule has 6 nitrogen and oxygen atoms in total. The van der Waals surface area contributed by atoms with Crippen LogP contribution in [0.1, 0.15) is 12.8 Å². The van der Waals surface area contributed by atoms with Crippen LogP contribution in [0.3, 0.4) is 0 Å². The third kappa shape index (κ3) is 6.06. The predicted molar refractivity (Wildman–Crippen MR) is 47.6 cm³/mol. The number of ether oxygens (including phenoxy) is 1. The maximum absolute atomic E-state index is 10.6. The maximum Gasteiger partial charge on any atom is 0.320 e. The zero-order valence-electron chi connectivity index (χ0n) is 7.32. The monoisotopic (exact) mass is 189 g/mol. The lowest BCUT2D eigenvalue weighted by molar-refractivity contribution is -0.140. The highest BCUT2D eigenvalue weighted by Gasteiger charge is 2.15. The first kappa shape index (κ1) is 11.9. The van der Waals surface area contributed by atoms with E-state index in [1.54, 1.807) is 0 Å². The molecule has 0 aromatic heterocycles. The normalized spacial score (nSPS) is 12.1. The van der Waals surface area contributed by atoms with Crippen molar-refractivity contribution in [1.29, 1.82) is 5.41 Å². The highest BCUT2D eigenvalue weighted by atomic mass is 16.5. The van der Waals surface area contributed by atoms with Gasteiger partial charge in [0.15, 0.2) is 6.40 Å². The van der Waals surface area contributed by atoms with Crippen molar-refractivity contribution in [1.82, 2.24) is 5.32 Å². The van der Waals surface area contributed by atoms with Crippen LogP contribution in [-0.2, 0) is 9.53 Å². The van der Waals surface area contributed by atoms with E-state index in [0.717, 1.165) is 6.40 Å². The summed E-state index contributed by atoms with van der Waals surface area (Å²) < 4.78 is 4.53. The number of nitrogens with two attached hydrogens (primary N) is 1. The molecular formula is C7H15N3O3. The van der Waals surface area contributed by atoms with Crippen molar-refractivity contribution in [2.24, 2.45) is 5.73 Å². The lowest BCUT2D eigenvalue weighted by Gasteiger charge is -2.12. The molecule has 0 radical (unpaired) electrons. The minimum Gasteiger partial charge on any atom is -0.480 e. The molecule has 0 unspecified atom stereocenters. The fourth-order valence-electron chi connectivity index (χ4n) is 0.825. The minimum atomic E-state index is -0.929. The fourth-order valence-corrected chi connectivity index (χ4v) is 0.825. The first-order valence-corrected chi connectivity index (χ1v) is 3.99. The van der Waals surface area contributed by atoms with Crippen LogP contribution in [0.5, 0.6) is 0 Å². The van der Waals surface area contributed by atoms with Crippen LogP contribution in [0.4, 0.5) is 0 Å². The number of nitrogens with one attached hydrogen (secondary N) is 2. The third-order valence-electron chi connectivity index (χ3n) is 1.49. The van der Waals surface area contributed by atoms with E-state index >= 15 is 0 Å². The number of carboxylic acid groups (broad SMARTS) is 1. The minimum absolute atomic E-state index is 0.0328. The van der Waals surface area contributed by atoms with Gasteiger partial charge in [0.1, 0.15) is 12.8 Å². The van der Waals surface area contributed by atoms with E-state index in [2.05, 4.69) is 10.1 Å². The van der Waals surface area contributed by atoms with Gasteiger partial charge in [-0.1, -0.05) is 0 Å². The number of rotatable bonds is 8. The van der Waals surface area contributed by atoms with E-state index in [1.165, 1.54) is 0 Å². The molecule has 0 spiro atoms. The first-order chi connectivity index (χ1) is 6.22. The van der Waals surface area contributed by atoms with Crippen molar-refractivity contribution in [2.45, 2.75) is 18.9 Å². The van der Waals surface area contributed by atoms with E-state index in [-0.39, 0.29) is 6.73 Å². The van der Waals surface area contributed by atoms with E-state index in [1.807, 2.05) is 0 Å². The summed E-state index contributed by atoms with van der Waals surface area (Å²) >= 11 is 0. The summed E-state index contributed by atoms with van der Waals surface area (Å²) in [5.41, 5.74) is 5.24. The molecule has 76 valence electrons. The Bertz CT molecular complexity index is 163. The van der Waals surface area contributed by atoms with Gasteiger partial charge in [-0.2, -0.15) is 0 Å². The topological polar surface area (TPSA) is 108 Å². The summed E-state index contributed by atoms with van der Waals surface area (Å²) in [5.74, 6) is -0.929. The summed E-state index contributed by atoms with van der Waals surface area (Å²) in [6.45, 7) is 0.502. The third-order valence-corrected chi connectivity index (χ3v) is 1.49. The Morgan fingerprint density at radius 3 is 2.92 bits per heavy atom. The van der Waals surface area contributed by atoms with Gasteiger partial charge in [-0.3, -0.25) is 15.5 Å². The molecule has 0 amide bonds. The molecule has 0 saturated carbocycles. The molecule has 0 bridgehead atoms. The summed E-state index contributed by atoms with van der Waals surface area (Å²) in [4.78, 5) is 10.6. The Kier molecular flexibility index (Phi) is 6.85. The molecule has 0 rings (SSSR count). The fraction of sp³-hybridized carbons (Fsp3) is 0.714. The molecule has 0 fully saturated rings. The number of carbonyl (C=O) groups is 1. The second-order valence-corrected chi connectivity index (χ2v) is 2.45. The Balaban J connectivity index is 3.66. The van der Waals surface area contributed by atoms with Crippen LogP contribution >= 0.6 is 0 Å². The molecule has 13 heavy (non-hydrogen) atoms. The molecule has 0 heterocycles. The molecule has 5 N–H and O–H groups in total. The second-order valence-electron chi connectivity index (χ2n) is 2.45. The molecule has 0 aliphatic carbocycles. The molecule has 1 atom stereocenters. The van der Waals surface area contributed by atoms with Gasteiger partial charge in [-0.25, -0.2) is 0 Å². The summed E-state index contributed by atoms with van der Waals surface area (Å²) in [5, 5.41) is 17.8. The molecule has 0 aliphatic heterocycles. The van der Waals surface area contributed by atoms with Crippen molar-refractivity contribution in [2.75, 3.05) is 13.3 Å². The molecule has 0 saturated heterocycles. The molecule has 6 heteroatoms. The lowest BCUT2D eigenvalue weighted by Crippen LogP contribution is -2.38. The van der Waals surface area contributed by atoms with Crippen molar-refractivity contribution in [3.63, 3.8) is 0 Å². The van der Waals surface area contributed by atoms with E-state index < -0.39 is 12.0 Å². The van der Waals surface area contributed by atoms with Gasteiger partial charge in [-0.05, 0) is 19.4 Å². The van der Waals surface area contributed by atoms with Crippen LogP contribution in [0.25, 0.3) is 0 Å². The van der Waals surface area contributed by atoms with Gasteiger partial charge in [-0.15, -0.1) is 0 Å². The average molecular weight is 189 g/mol. The molecule has 0 aliphatic rings. The standard InChI is InChI=1S/C7H15N3O3/c8-3-1-2-6(7(11)12)10-5-13-4-9/h4,6,9-10H,1-3,5,8H2,(H,11,12)/t6-/m0/s1. The SMILES string of the molecule is N=COCN[C@@H](CCCN)C(=O)O. The largest absolute Gasteiger partial charge is 0.480 e. The Hall–Kier alpha value is -1.14. The summed E-state index contributed by atoms with van der Waals surface area (Å²) in [7, 11) is 0. The summed E-state index contributed by atoms with van der Waals surface area (Å²) in [6, 6.07) is -0.650. The number of hydrogen-bond donors (Lipinski definition) is 4. The lowest BCUT2D eigenvalue weighted by atomic mass is 10.1. The Morgan fingerprint density at radius 2 is 2.46 bits per heavy atom. The molecular weight excluding hydrogens is 174 g/mol. The zero-order chi connectivity index (χ0) is 10.1. The van der Waals surface area contributed by atoms with Crippen LogP contribution in [0.2, 0.25) is 0 Å². The number of aliphatic carboxylic acids is 1. The van der Waals surface area contributed by atoms with Crippen LogP contribution in [0.15, 0.2) is 0 Å². The van der Waals surface area contributed by atoms with Crippen molar-refractivity contribution in [3.05, 3.63) is 0 Å². The zero-order valence-corrected chi connectivity index (χ0v) is 7.32. The summed E-state index contributed by atoms with van der Waals surface area (Å²) in [6.07, 6.45) is 1.87. The van der Waals surface area contributed by atoms with Gasteiger partial charge in [0.05, 0.1) is 0 Å². The maximum atomic E-state index is 10.6. The Labute approximate surface area is 76.6 Å². The van der Waals surface area contributed by atoms with Crippen LogP contribution in [0, 0.1) is 5.41 Å². The van der Waals surface area contributed by atoms with Gasteiger partial charge < -0.3 is 15.6 Å². The highest BCUT2D eigenvalue weighted by molar-refractivity contribution is 5.73. The van der Waals surface area contributed by atoms with Crippen molar-refractivity contribution < 1.29 is 14.6 Å². The van der Waals surface area contributed by atoms with Crippen LogP contribution in [-0.4, -0.2) is 36.8 Å². The van der Waals surface area contributed by atoms with E-state index in [0.29, 0.717) is 19.4 Å². The van der Waals surface area contributed by atoms with Gasteiger partial charge in [0.25, 0.3) is 0 Å². The van der Waals surface area contributed by atoms with E-state index in [4.69, 9.17) is 16.2 Å². The van der Waals surface area contributed by atoms with Gasteiger partial charge in [0, 0.05) is 0 Å². The quantitative estimate of drug-likeness (QED) is 0.175. The number of hydrogen-bond acceptors (Lipinski definition) is 5. The highest BCUT2D eigenvalue weighted by Crippen LogP contribution is 1.95. The average Bonchev–Trinajstić information content (AvgIpc) is 2.10. The molecule has 0 aromatic carbocycles. The van der Waals surface area contributed by atoms with Crippen molar-refractivity contribution >= 4 is 12.4 Å². The number of carboxylic acids is 1. The smallest absolute Gasteiger partial charge is 0.320 e. The predicted octanol–water partition coefficient (Wildman–Crippen LogP) is -0.651. The Morgan fingerprint density at radius 1 is 1.77 bits per heavy atom. The van der Waals surface area contributed by atoms with E-state index in [9.17, 15) is 4.79 Å².